The molecule has 5 heteroatoms. The van der Waals surface area contributed by atoms with Crippen LogP contribution in [-0.4, -0.2) is 44.4 Å². The van der Waals surface area contributed by atoms with Crippen molar-refractivity contribution >= 4 is 11.8 Å². The molecule has 0 spiro atoms. The summed E-state index contributed by atoms with van der Waals surface area (Å²) in [5, 5.41) is 0. The van der Waals surface area contributed by atoms with Crippen molar-refractivity contribution in [1.82, 2.24) is 4.90 Å². The first-order valence-electron chi connectivity index (χ1n) is 10.0. The van der Waals surface area contributed by atoms with Crippen molar-refractivity contribution in [2.24, 2.45) is 0 Å². The maximum Gasteiger partial charge on any atom is 0.137 e. The number of rotatable bonds is 5. The quantitative estimate of drug-likeness (QED) is 0.612. The maximum atomic E-state index is 14.3. The second-order valence-electron chi connectivity index (χ2n) is 7.54. The molecule has 5 aliphatic rings. The van der Waals surface area contributed by atoms with Gasteiger partial charge < -0.3 is 14.4 Å². The van der Waals surface area contributed by atoms with Gasteiger partial charge in [0.05, 0.1) is 18.8 Å². The Hall–Kier alpha value is -1.82. The number of hydrogen-bond donors (Lipinski definition) is 0. The molecule has 3 heterocycles. The van der Waals surface area contributed by atoms with Crippen molar-refractivity contribution in [3.05, 3.63) is 80.1 Å². The van der Waals surface area contributed by atoms with Gasteiger partial charge in [-0.2, -0.15) is 0 Å². The van der Waals surface area contributed by atoms with Crippen molar-refractivity contribution in [1.29, 1.82) is 0 Å². The van der Waals surface area contributed by atoms with Gasteiger partial charge in [0, 0.05) is 27.5 Å². The summed E-state index contributed by atoms with van der Waals surface area (Å²) in [5.74, 6) is 0.495. The van der Waals surface area contributed by atoms with E-state index in [4.69, 9.17) is 9.47 Å². The van der Waals surface area contributed by atoms with Crippen LogP contribution in [0, 0.1) is 0 Å². The van der Waals surface area contributed by atoms with Crippen molar-refractivity contribution < 1.29 is 13.9 Å². The summed E-state index contributed by atoms with van der Waals surface area (Å²) in [6.45, 7) is 5.11. The van der Waals surface area contributed by atoms with Crippen molar-refractivity contribution in [2.75, 3.05) is 39.5 Å². The zero-order valence-electron chi connectivity index (χ0n) is 15.9. The van der Waals surface area contributed by atoms with Crippen LogP contribution in [0.4, 0.5) is 4.39 Å². The summed E-state index contributed by atoms with van der Waals surface area (Å²) in [6.07, 6.45) is 15.5. The summed E-state index contributed by atoms with van der Waals surface area (Å²) < 4.78 is 26.0. The average Bonchev–Trinajstić information content (AvgIpc) is 3.31. The first-order valence-corrected chi connectivity index (χ1v) is 10.9. The Bertz CT molecular complexity index is 898. The lowest BCUT2D eigenvalue weighted by atomic mass is 10.1. The van der Waals surface area contributed by atoms with Crippen LogP contribution in [0.1, 0.15) is 19.3 Å². The van der Waals surface area contributed by atoms with Gasteiger partial charge in [0.1, 0.15) is 18.2 Å². The number of hydrogen-bond acceptors (Lipinski definition) is 4. The minimum atomic E-state index is -0.185. The molecule has 2 aliphatic carbocycles. The third-order valence-electron chi connectivity index (χ3n) is 5.67. The molecule has 0 aromatic carbocycles. The van der Waals surface area contributed by atoms with Gasteiger partial charge in [0.25, 0.3) is 0 Å². The van der Waals surface area contributed by atoms with Gasteiger partial charge in [-0.25, -0.2) is 4.39 Å². The fraction of sp³-hybridized carbons (Fsp3) is 0.391. The molecule has 3 nitrogen and oxygen atoms in total. The van der Waals surface area contributed by atoms with Crippen LogP contribution in [0.2, 0.25) is 0 Å². The normalized spacial score (nSPS) is 24.0. The largest absolute Gasteiger partial charge is 0.488 e. The van der Waals surface area contributed by atoms with E-state index in [9.17, 15) is 4.39 Å². The Kier molecular flexibility index (Phi) is 5.14. The monoisotopic (exact) mass is 397 g/mol. The number of fused-ring (bicyclic) bond motifs is 3. The highest BCUT2D eigenvalue weighted by Crippen LogP contribution is 2.48. The van der Waals surface area contributed by atoms with Crippen LogP contribution < -0.4 is 0 Å². The van der Waals surface area contributed by atoms with Crippen LogP contribution >= 0.6 is 11.8 Å². The Morgan fingerprint density at radius 3 is 2.96 bits per heavy atom. The van der Waals surface area contributed by atoms with Crippen molar-refractivity contribution in [2.45, 2.75) is 19.3 Å². The molecule has 0 aromatic heterocycles. The van der Waals surface area contributed by atoms with E-state index in [1.54, 1.807) is 11.8 Å². The smallest absolute Gasteiger partial charge is 0.137 e. The summed E-state index contributed by atoms with van der Waals surface area (Å²) in [5.41, 5.74) is 3.92. The molecule has 28 heavy (non-hydrogen) atoms. The number of ether oxygens (including phenoxy) is 2. The molecule has 0 bridgehead atoms. The fourth-order valence-corrected chi connectivity index (χ4v) is 5.29. The van der Waals surface area contributed by atoms with Gasteiger partial charge in [0.15, 0.2) is 0 Å². The van der Waals surface area contributed by atoms with E-state index in [1.807, 2.05) is 6.08 Å². The maximum absolute atomic E-state index is 14.3. The van der Waals surface area contributed by atoms with Crippen LogP contribution in [0.25, 0.3) is 0 Å². The Balaban J connectivity index is 1.32. The van der Waals surface area contributed by atoms with E-state index in [2.05, 4.69) is 29.2 Å². The number of thioether (sulfide) groups is 1. The predicted molar refractivity (Wildman–Crippen MR) is 111 cm³/mol. The molecule has 146 valence electrons. The molecule has 0 atom stereocenters. The lowest BCUT2D eigenvalue weighted by Gasteiger charge is -2.19. The molecule has 3 aliphatic heterocycles. The van der Waals surface area contributed by atoms with Gasteiger partial charge in [-0.05, 0) is 56.2 Å². The highest BCUT2D eigenvalue weighted by molar-refractivity contribution is 8.07. The highest BCUT2D eigenvalue weighted by atomic mass is 32.2. The van der Waals surface area contributed by atoms with Gasteiger partial charge in [-0.3, -0.25) is 0 Å². The lowest BCUT2D eigenvalue weighted by molar-refractivity contribution is 0.132. The van der Waals surface area contributed by atoms with Crippen LogP contribution in [0.3, 0.4) is 0 Å². The van der Waals surface area contributed by atoms with Crippen molar-refractivity contribution in [3.8, 4) is 0 Å². The topological polar surface area (TPSA) is 21.7 Å². The van der Waals surface area contributed by atoms with Crippen LogP contribution in [-0.2, 0) is 9.47 Å². The summed E-state index contributed by atoms with van der Waals surface area (Å²) in [4.78, 5) is 4.87. The van der Waals surface area contributed by atoms with E-state index in [-0.39, 0.29) is 5.83 Å². The van der Waals surface area contributed by atoms with E-state index in [0.717, 1.165) is 30.7 Å². The van der Waals surface area contributed by atoms with Gasteiger partial charge in [-0.15, -0.1) is 0 Å². The van der Waals surface area contributed by atoms with Crippen LogP contribution in [0.5, 0.6) is 0 Å². The molecule has 0 amide bonds. The number of nitrogens with zero attached hydrogens (tertiary/aromatic N) is 1. The molecule has 5 rings (SSSR count). The third-order valence-corrected chi connectivity index (χ3v) is 6.87. The minimum Gasteiger partial charge on any atom is -0.488 e. The van der Waals surface area contributed by atoms with Gasteiger partial charge >= 0.3 is 0 Å². The number of halogens is 1. The molecule has 1 fully saturated rings. The Morgan fingerprint density at radius 2 is 2.07 bits per heavy atom. The summed E-state index contributed by atoms with van der Waals surface area (Å²) in [6, 6.07) is 0. The average molecular weight is 398 g/mol. The zero-order valence-corrected chi connectivity index (χ0v) is 16.7. The Labute approximate surface area is 169 Å². The predicted octanol–water partition coefficient (Wildman–Crippen LogP) is 4.95. The zero-order chi connectivity index (χ0) is 18.9. The second-order valence-corrected chi connectivity index (χ2v) is 8.68. The van der Waals surface area contributed by atoms with Gasteiger partial charge in [0.2, 0.25) is 0 Å². The van der Waals surface area contributed by atoms with E-state index in [0.29, 0.717) is 24.5 Å². The third kappa shape index (κ3) is 3.47. The number of allylic oxidation sites excluding steroid dienone is 9. The van der Waals surface area contributed by atoms with Crippen LogP contribution in [0.15, 0.2) is 80.1 Å². The first kappa shape index (κ1) is 18.2. The highest BCUT2D eigenvalue weighted by Gasteiger charge is 2.31. The molecular formula is C23H24FNO2S. The molecule has 0 unspecified atom stereocenters. The lowest BCUT2D eigenvalue weighted by Crippen LogP contribution is -2.24. The standard InChI is InChI=1S/C23H24FNO2S/c24-21-8-12-27-22-18-5-3-4-16-6-7-17(28-23(16)19(18)14-20(21)22)15-26-13-11-25-9-1-2-10-25/h3,5-8,14H,1-2,4,9-13,15H2. The second kappa shape index (κ2) is 7.90. The van der Waals surface area contributed by atoms with E-state index < -0.39 is 0 Å². The summed E-state index contributed by atoms with van der Waals surface area (Å²) >= 11 is 1.75. The number of likely N-dealkylation sites (tertiary alicyclic amines) is 1. The molecule has 0 radical (unpaired) electrons. The minimum absolute atomic E-state index is 0.185. The molecular weight excluding hydrogens is 373 g/mol. The van der Waals surface area contributed by atoms with Gasteiger partial charge in [-0.1, -0.05) is 30.0 Å². The van der Waals surface area contributed by atoms with E-state index in [1.165, 1.54) is 47.4 Å². The van der Waals surface area contributed by atoms with E-state index >= 15 is 0 Å². The Morgan fingerprint density at radius 1 is 1.18 bits per heavy atom. The molecule has 0 saturated carbocycles. The first-order chi connectivity index (χ1) is 13.8. The molecule has 0 aromatic rings. The SMILES string of the molecule is FC1=CCOC2=C3C=CCC4=CC=C(COCCN5CCCC5)SC4=C3C=C12. The van der Waals surface area contributed by atoms with Crippen molar-refractivity contribution in [3.63, 3.8) is 0 Å². The molecule has 1 saturated heterocycles. The summed E-state index contributed by atoms with van der Waals surface area (Å²) in [7, 11) is 0. The molecule has 0 N–H and O–H groups in total. The fourth-order valence-electron chi connectivity index (χ4n) is 4.19.